The molecule has 36 heavy (non-hydrogen) atoms. The minimum Gasteiger partial charge on any atom is -0.351 e. The molecule has 2 aromatic carbocycles. The van der Waals surface area contributed by atoms with E-state index < -0.39 is 23.2 Å². The van der Waals surface area contributed by atoms with E-state index in [1.165, 1.54) is 6.07 Å². The standard InChI is InChI=1S/C26H28ClF3N4O2/c1-14-9-16(12-17(10-14)24(2,3)4)20-32-21(34-23(36)33-20)18-11-15(7-8-19(18)27)13-31-22(35)25(5,6)26(28,29)30/h7-12H,13H2,1-6H3,(H,31,35)(H,32,33,34,36). The van der Waals surface area contributed by atoms with E-state index in [-0.39, 0.29) is 28.6 Å². The Labute approximate surface area is 212 Å². The first-order chi connectivity index (χ1) is 16.5. The van der Waals surface area contributed by atoms with Gasteiger partial charge in [0.1, 0.15) is 11.2 Å². The first-order valence-electron chi connectivity index (χ1n) is 11.2. The quantitative estimate of drug-likeness (QED) is 0.434. The van der Waals surface area contributed by atoms with E-state index in [1.54, 1.807) is 12.1 Å². The topological polar surface area (TPSA) is 87.7 Å². The molecule has 1 heterocycles. The van der Waals surface area contributed by atoms with Gasteiger partial charge in [-0.2, -0.15) is 18.2 Å². The molecule has 3 rings (SSSR count). The van der Waals surface area contributed by atoms with Crippen molar-refractivity contribution in [3.05, 3.63) is 68.6 Å². The number of benzene rings is 2. The number of aromatic nitrogens is 3. The van der Waals surface area contributed by atoms with Crippen LogP contribution in [0.5, 0.6) is 0 Å². The summed E-state index contributed by atoms with van der Waals surface area (Å²) in [5.41, 5.74) is 0.232. The highest BCUT2D eigenvalue weighted by molar-refractivity contribution is 6.33. The number of nitrogens with zero attached hydrogens (tertiary/aromatic N) is 2. The van der Waals surface area contributed by atoms with Crippen molar-refractivity contribution in [1.29, 1.82) is 0 Å². The van der Waals surface area contributed by atoms with Crippen molar-refractivity contribution in [2.24, 2.45) is 5.41 Å². The van der Waals surface area contributed by atoms with Crippen molar-refractivity contribution < 1.29 is 18.0 Å². The maximum absolute atomic E-state index is 13.2. The van der Waals surface area contributed by atoms with Crippen molar-refractivity contribution in [2.75, 3.05) is 0 Å². The number of aryl methyl sites for hydroxylation is 1. The van der Waals surface area contributed by atoms with Gasteiger partial charge in [0.15, 0.2) is 5.82 Å². The van der Waals surface area contributed by atoms with Crippen molar-refractivity contribution in [3.8, 4) is 22.8 Å². The van der Waals surface area contributed by atoms with Crippen LogP contribution < -0.4 is 11.0 Å². The molecule has 0 aliphatic heterocycles. The van der Waals surface area contributed by atoms with Gasteiger partial charge in [0.25, 0.3) is 0 Å². The van der Waals surface area contributed by atoms with Gasteiger partial charge in [0.2, 0.25) is 5.91 Å². The normalized spacial score (nSPS) is 12.5. The van der Waals surface area contributed by atoms with Crippen molar-refractivity contribution in [3.63, 3.8) is 0 Å². The molecule has 0 fully saturated rings. The van der Waals surface area contributed by atoms with Crippen LogP contribution in [-0.4, -0.2) is 27.0 Å². The Hall–Kier alpha value is -3.20. The van der Waals surface area contributed by atoms with Crippen molar-refractivity contribution >= 4 is 17.5 Å². The highest BCUT2D eigenvalue weighted by atomic mass is 35.5. The second-order valence-corrected chi connectivity index (χ2v) is 10.7. The molecule has 6 nitrogen and oxygen atoms in total. The van der Waals surface area contributed by atoms with Crippen molar-refractivity contribution in [2.45, 2.75) is 59.7 Å². The SMILES string of the molecule is Cc1cc(-c2nc(-c3cc(CNC(=O)C(C)(C)C(F)(F)F)ccc3Cl)[nH]c(=O)n2)cc(C(C)(C)C)c1. The lowest BCUT2D eigenvalue weighted by atomic mass is 9.85. The molecule has 0 radical (unpaired) electrons. The van der Waals surface area contributed by atoms with E-state index in [9.17, 15) is 22.8 Å². The van der Waals surface area contributed by atoms with Gasteiger partial charge in [-0.25, -0.2) is 9.78 Å². The molecule has 1 aromatic heterocycles. The average Bonchev–Trinajstić information content (AvgIpc) is 2.76. The summed E-state index contributed by atoms with van der Waals surface area (Å²) in [6.07, 6.45) is -4.69. The van der Waals surface area contributed by atoms with E-state index in [0.29, 0.717) is 16.7 Å². The van der Waals surface area contributed by atoms with Crippen LogP contribution >= 0.6 is 11.6 Å². The molecule has 0 saturated heterocycles. The minimum absolute atomic E-state index is 0.131. The summed E-state index contributed by atoms with van der Waals surface area (Å²) in [4.78, 5) is 35.7. The zero-order chi connectivity index (χ0) is 27.1. The minimum atomic E-state index is -4.69. The van der Waals surface area contributed by atoms with Gasteiger partial charge < -0.3 is 5.32 Å². The zero-order valence-corrected chi connectivity index (χ0v) is 21.6. The molecule has 192 valence electrons. The number of amides is 1. The molecule has 0 bridgehead atoms. The summed E-state index contributed by atoms with van der Waals surface area (Å²) < 4.78 is 39.5. The fourth-order valence-electron chi connectivity index (χ4n) is 3.38. The summed E-state index contributed by atoms with van der Waals surface area (Å²) in [5, 5.41) is 2.58. The molecule has 10 heteroatoms. The van der Waals surface area contributed by atoms with Gasteiger partial charge in [-0.1, -0.05) is 50.1 Å². The zero-order valence-electron chi connectivity index (χ0n) is 20.9. The number of halogens is 4. The summed E-state index contributed by atoms with van der Waals surface area (Å²) in [5.74, 6) is -0.791. The first-order valence-corrected chi connectivity index (χ1v) is 11.6. The number of carbonyl (C=O) groups is 1. The molecule has 3 aromatic rings. The third kappa shape index (κ3) is 5.95. The van der Waals surface area contributed by atoms with E-state index >= 15 is 0 Å². The van der Waals surface area contributed by atoms with Gasteiger partial charge in [-0.15, -0.1) is 0 Å². The highest BCUT2D eigenvalue weighted by Gasteiger charge is 2.52. The second-order valence-electron chi connectivity index (χ2n) is 10.3. The van der Waals surface area contributed by atoms with Crippen LogP contribution in [0, 0.1) is 12.3 Å². The lowest BCUT2D eigenvalue weighted by Gasteiger charge is -2.26. The predicted octanol–water partition coefficient (Wildman–Crippen LogP) is 5.96. The smallest absolute Gasteiger partial charge is 0.351 e. The van der Waals surface area contributed by atoms with Crippen LogP contribution in [0.2, 0.25) is 5.02 Å². The molecule has 0 saturated carbocycles. The van der Waals surface area contributed by atoms with Crippen LogP contribution in [0.3, 0.4) is 0 Å². The fourth-order valence-corrected chi connectivity index (χ4v) is 3.59. The molecular weight excluding hydrogens is 493 g/mol. The van der Waals surface area contributed by atoms with Crippen LogP contribution in [0.15, 0.2) is 41.2 Å². The fraction of sp³-hybridized carbons (Fsp3) is 0.385. The molecular formula is C26H28ClF3N4O2. The monoisotopic (exact) mass is 520 g/mol. The molecule has 0 atom stereocenters. The average molecular weight is 521 g/mol. The lowest BCUT2D eigenvalue weighted by molar-refractivity contribution is -0.211. The van der Waals surface area contributed by atoms with Crippen LogP contribution in [-0.2, 0) is 16.8 Å². The van der Waals surface area contributed by atoms with Gasteiger partial charge in [-0.3, -0.25) is 9.78 Å². The molecule has 1 amide bonds. The third-order valence-corrected chi connectivity index (χ3v) is 6.20. The number of nitrogens with one attached hydrogen (secondary N) is 2. The number of rotatable bonds is 5. The Kier molecular flexibility index (Phi) is 7.37. The molecule has 0 aliphatic rings. The van der Waals surface area contributed by atoms with Gasteiger partial charge in [0, 0.05) is 17.7 Å². The summed E-state index contributed by atoms with van der Waals surface area (Å²) in [6, 6.07) is 10.5. The van der Waals surface area contributed by atoms with Gasteiger partial charge in [0.05, 0.1) is 5.02 Å². The number of alkyl halides is 3. The first kappa shape index (κ1) is 27.4. The number of H-pyrrole nitrogens is 1. The predicted molar refractivity (Wildman–Crippen MR) is 134 cm³/mol. The number of hydrogen-bond acceptors (Lipinski definition) is 4. The Balaban J connectivity index is 1.97. The van der Waals surface area contributed by atoms with E-state index in [2.05, 4.69) is 47.1 Å². The van der Waals surface area contributed by atoms with E-state index in [0.717, 1.165) is 25.0 Å². The summed E-state index contributed by atoms with van der Waals surface area (Å²) >= 11 is 6.37. The van der Waals surface area contributed by atoms with Crippen molar-refractivity contribution in [1.82, 2.24) is 20.3 Å². The molecule has 0 aliphatic carbocycles. The Morgan fingerprint density at radius 2 is 1.69 bits per heavy atom. The van der Waals surface area contributed by atoms with Crippen LogP contribution in [0.25, 0.3) is 22.8 Å². The number of carbonyl (C=O) groups excluding carboxylic acids is 1. The number of aromatic amines is 1. The Bertz CT molecular complexity index is 1360. The third-order valence-electron chi connectivity index (χ3n) is 5.87. The second kappa shape index (κ2) is 9.69. The Morgan fingerprint density at radius 3 is 2.31 bits per heavy atom. The maximum Gasteiger partial charge on any atom is 0.402 e. The van der Waals surface area contributed by atoms with Crippen LogP contribution in [0.4, 0.5) is 13.2 Å². The molecule has 2 N–H and O–H groups in total. The summed E-state index contributed by atoms with van der Waals surface area (Å²) in [6.45, 7) is 9.65. The number of hydrogen-bond donors (Lipinski definition) is 2. The van der Waals surface area contributed by atoms with Gasteiger partial charge in [-0.05, 0) is 61.6 Å². The van der Waals surface area contributed by atoms with Crippen LogP contribution in [0.1, 0.15) is 51.3 Å². The molecule has 0 spiro atoms. The highest BCUT2D eigenvalue weighted by Crippen LogP contribution is 2.37. The molecule has 0 unspecified atom stereocenters. The Morgan fingerprint density at radius 1 is 1.03 bits per heavy atom. The van der Waals surface area contributed by atoms with E-state index in [4.69, 9.17) is 11.6 Å². The lowest BCUT2D eigenvalue weighted by Crippen LogP contribution is -2.46. The maximum atomic E-state index is 13.2. The largest absolute Gasteiger partial charge is 0.402 e. The van der Waals surface area contributed by atoms with E-state index in [1.807, 2.05) is 19.1 Å². The van der Waals surface area contributed by atoms with Gasteiger partial charge >= 0.3 is 11.9 Å². The summed E-state index contributed by atoms with van der Waals surface area (Å²) in [7, 11) is 0.